The van der Waals surface area contributed by atoms with Crippen molar-refractivity contribution in [2.75, 3.05) is 0 Å². The Labute approximate surface area is 140 Å². The molecule has 0 bridgehead atoms. The number of benzene rings is 1. The Bertz CT molecular complexity index is 674. The van der Waals surface area contributed by atoms with Gasteiger partial charge in [-0.2, -0.15) is 0 Å². The summed E-state index contributed by atoms with van der Waals surface area (Å²) in [6.07, 6.45) is 4.49. The van der Waals surface area contributed by atoms with E-state index in [0.29, 0.717) is 11.6 Å². The van der Waals surface area contributed by atoms with E-state index >= 15 is 0 Å². The van der Waals surface area contributed by atoms with Gasteiger partial charge >= 0.3 is 0 Å². The molecule has 4 nitrogen and oxygen atoms in total. The first-order chi connectivity index (χ1) is 11.0. The average molecular weight is 331 g/mol. The summed E-state index contributed by atoms with van der Waals surface area (Å²) in [7, 11) is 0. The SMILES string of the molecule is CC(NC(=O)/C=C/c1ccnc(Cl)c1)C(O)Cc1ccccc1. The maximum atomic E-state index is 11.9. The van der Waals surface area contributed by atoms with Gasteiger partial charge in [-0.15, -0.1) is 0 Å². The lowest BCUT2D eigenvalue weighted by atomic mass is 10.0. The molecule has 1 heterocycles. The number of halogens is 1. The van der Waals surface area contributed by atoms with Crippen LogP contribution in [-0.4, -0.2) is 28.1 Å². The first kappa shape index (κ1) is 17.2. The molecule has 2 unspecified atom stereocenters. The third-order valence-electron chi connectivity index (χ3n) is 3.41. The molecule has 2 rings (SSSR count). The number of aliphatic hydroxyl groups excluding tert-OH is 1. The molecule has 0 saturated heterocycles. The van der Waals surface area contributed by atoms with Crippen LogP contribution in [0.2, 0.25) is 5.15 Å². The molecule has 0 aliphatic rings. The second-order valence-electron chi connectivity index (χ2n) is 5.30. The fraction of sp³-hybridized carbons (Fsp3) is 0.222. The molecule has 120 valence electrons. The van der Waals surface area contributed by atoms with Crippen LogP contribution in [0.15, 0.2) is 54.7 Å². The molecule has 0 aliphatic carbocycles. The zero-order valence-corrected chi connectivity index (χ0v) is 13.6. The van der Waals surface area contributed by atoms with Gasteiger partial charge in [0.15, 0.2) is 0 Å². The predicted molar refractivity (Wildman–Crippen MR) is 92.0 cm³/mol. The second kappa shape index (κ2) is 8.46. The van der Waals surface area contributed by atoms with Gasteiger partial charge in [-0.25, -0.2) is 4.98 Å². The van der Waals surface area contributed by atoms with Crippen LogP contribution in [0.5, 0.6) is 0 Å². The lowest BCUT2D eigenvalue weighted by molar-refractivity contribution is -0.117. The Morgan fingerprint density at radius 1 is 1.35 bits per heavy atom. The van der Waals surface area contributed by atoms with Crippen molar-refractivity contribution in [3.63, 3.8) is 0 Å². The summed E-state index contributed by atoms with van der Waals surface area (Å²) in [5.41, 5.74) is 1.82. The molecule has 0 fully saturated rings. The zero-order chi connectivity index (χ0) is 16.7. The molecule has 0 radical (unpaired) electrons. The Hall–Kier alpha value is -2.17. The van der Waals surface area contributed by atoms with Crippen LogP contribution in [0.25, 0.3) is 6.08 Å². The van der Waals surface area contributed by atoms with Gasteiger partial charge in [0, 0.05) is 18.7 Å². The number of hydrogen-bond donors (Lipinski definition) is 2. The normalized spacial score (nSPS) is 13.7. The molecule has 5 heteroatoms. The summed E-state index contributed by atoms with van der Waals surface area (Å²) in [5, 5.41) is 13.3. The van der Waals surface area contributed by atoms with Crippen molar-refractivity contribution >= 4 is 23.6 Å². The minimum atomic E-state index is -0.648. The van der Waals surface area contributed by atoms with Crippen LogP contribution >= 0.6 is 11.6 Å². The van der Waals surface area contributed by atoms with Gasteiger partial charge in [-0.1, -0.05) is 41.9 Å². The van der Waals surface area contributed by atoms with Gasteiger partial charge < -0.3 is 10.4 Å². The lowest BCUT2D eigenvalue weighted by Crippen LogP contribution is -2.41. The largest absolute Gasteiger partial charge is 0.391 e. The highest BCUT2D eigenvalue weighted by atomic mass is 35.5. The number of aliphatic hydroxyl groups is 1. The first-order valence-electron chi connectivity index (χ1n) is 7.36. The molecular formula is C18H19ClN2O2. The summed E-state index contributed by atoms with van der Waals surface area (Å²) in [6, 6.07) is 12.7. The van der Waals surface area contributed by atoms with E-state index < -0.39 is 6.10 Å². The van der Waals surface area contributed by atoms with E-state index in [4.69, 9.17) is 11.6 Å². The maximum absolute atomic E-state index is 11.9. The fourth-order valence-electron chi connectivity index (χ4n) is 2.09. The molecule has 0 spiro atoms. The highest BCUT2D eigenvalue weighted by Crippen LogP contribution is 2.09. The van der Waals surface area contributed by atoms with Crippen molar-refractivity contribution in [2.45, 2.75) is 25.5 Å². The summed E-state index contributed by atoms with van der Waals surface area (Å²) in [4.78, 5) is 15.8. The number of rotatable bonds is 6. The highest BCUT2D eigenvalue weighted by molar-refractivity contribution is 6.29. The van der Waals surface area contributed by atoms with Crippen LogP contribution in [-0.2, 0) is 11.2 Å². The summed E-state index contributed by atoms with van der Waals surface area (Å²) in [6.45, 7) is 1.78. The van der Waals surface area contributed by atoms with E-state index in [-0.39, 0.29) is 11.9 Å². The molecule has 2 atom stereocenters. The maximum Gasteiger partial charge on any atom is 0.244 e. The quantitative estimate of drug-likeness (QED) is 0.632. The number of hydrogen-bond acceptors (Lipinski definition) is 3. The second-order valence-corrected chi connectivity index (χ2v) is 5.69. The van der Waals surface area contributed by atoms with E-state index in [9.17, 15) is 9.90 Å². The van der Waals surface area contributed by atoms with Gasteiger partial charge in [0.05, 0.1) is 12.1 Å². The van der Waals surface area contributed by atoms with Crippen LogP contribution < -0.4 is 5.32 Å². The summed E-state index contributed by atoms with van der Waals surface area (Å²) >= 11 is 5.78. The molecule has 1 aromatic heterocycles. The number of carbonyl (C=O) groups excluding carboxylic acids is 1. The molecule has 2 N–H and O–H groups in total. The predicted octanol–water partition coefficient (Wildman–Crippen LogP) is 2.86. The van der Waals surface area contributed by atoms with Crippen LogP contribution in [0, 0.1) is 0 Å². The van der Waals surface area contributed by atoms with E-state index in [0.717, 1.165) is 11.1 Å². The van der Waals surface area contributed by atoms with E-state index in [1.54, 1.807) is 31.3 Å². The molecule has 2 aromatic rings. The van der Waals surface area contributed by atoms with Gasteiger partial charge in [-0.05, 0) is 36.3 Å². The number of nitrogens with zero attached hydrogens (tertiary/aromatic N) is 1. The van der Waals surface area contributed by atoms with Crippen molar-refractivity contribution < 1.29 is 9.90 Å². The Balaban J connectivity index is 1.86. The molecule has 1 aromatic carbocycles. The van der Waals surface area contributed by atoms with Crippen molar-refractivity contribution in [3.8, 4) is 0 Å². The van der Waals surface area contributed by atoms with Crippen LogP contribution in [0.3, 0.4) is 0 Å². The van der Waals surface area contributed by atoms with Crippen LogP contribution in [0.1, 0.15) is 18.1 Å². The van der Waals surface area contributed by atoms with Gasteiger partial charge in [0.1, 0.15) is 5.15 Å². The summed E-state index contributed by atoms with van der Waals surface area (Å²) < 4.78 is 0. The minimum Gasteiger partial charge on any atom is -0.391 e. The van der Waals surface area contributed by atoms with Crippen molar-refractivity contribution in [1.82, 2.24) is 10.3 Å². The van der Waals surface area contributed by atoms with Crippen molar-refractivity contribution in [3.05, 3.63) is 71.0 Å². The van der Waals surface area contributed by atoms with E-state index in [1.807, 2.05) is 30.3 Å². The average Bonchev–Trinajstić information content (AvgIpc) is 2.54. The minimum absolute atomic E-state index is 0.266. The van der Waals surface area contributed by atoms with Gasteiger partial charge in [-0.3, -0.25) is 4.79 Å². The molecule has 23 heavy (non-hydrogen) atoms. The summed E-state index contributed by atoms with van der Waals surface area (Å²) in [5.74, 6) is -0.266. The number of aromatic nitrogens is 1. The van der Waals surface area contributed by atoms with Crippen LogP contribution in [0.4, 0.5) is 0 Å². The first-order valence-corrected chi connectivity index (χ1v) is 7.74. The molecule has 1 amide bonds. The number of carbonyl (C=O) groups is 1. The van der Waals surface area contributed by atoms with Gasteiger partial charge in [0.2, 0.25) is 5.91 Å². The smallest absolute Gasteiger partial charge is 0.244 e. The highest BCUT2D eigenvalue weighted by Gasteiger charge is 2.15. The third kappa shape index (κ3) is 5.85. The topological polar surface area (TPSA) is 62.2 Å². The number of nitrogens with one attached hydrogen (secondary N) is 1. The number of pyridine rings is 1. The standard InChI is InChI=1S/C18H19ClN2O2/c1-13(16(22)11-14-5-3-2-4-6-14)21-18(23)8-7-15-9-10-20-17(19)12-15/h2-10,12-13,16,22H,11H2,1H3,(H,21,23)/b8-7+. The Morgan fingerprint density at radius 3 is 2.78 bits per heavy atom. The van der Waals surface area contributed by atoms with E-state index in [2.05, 4.69) is 10.3 Å². The Morgan fingerprint density at radius 2 is 2.09 bits per heavy atom. The monoisotopic (exact) mass is 330 g/mol. The zero-order valence-electron chi connectivity index (χ0n) is 12.8. The van der Waals surface area contributed by atoms with E-state index in [1.165, 1.54) is 6.08 Å². The lowest BCUT2D eigenvalue weighted by Gasteiger charge is -2.19. The fourth-order valence-corrected chi connectivity index (χ4v) is 2.28. The molecular weight excluding hydrogens is 312 g/mol. The molecule has 0 aliphatic heterocycles. The molecule has 0 saturated carbocycles. The number of amides is 1. The third-order valence-corrected chi connectivity index (χ3v) is 3.62. The van der Waals surface area contributed by atoms with Gasteiger partial charge in [0.25, 0.3) is 0 Å². The van der Waals surface area contributed by atoms with Crippen molar-refractivity contribution in [2.24, 2.45) is 0 Å². The van der Waals surface area contributed by atoms with Crippen molar-refractivity contribution in [1.29, 1.82) is 0 Å². The Kier molecular flexibility index (Phi) is 6.32.